The second-order valence-electron chi connectivity index (χ2n) is 4.43. The highest BCUT2D eigenvalue weighted by Gasteiger charge is 2.12. The van der Waals surface area contributed by atoms with E-state index in [1.807, 2.05) is 25.2 Å². The molecule has 108 valence electrons. The van der Waals surface area contributed by atoms with Crippen LogP contribution < -0.4 is 14.8 Å². The van der Waals surface area contributed by atoms with E-state index >= 15 is 0 Å². The van der Waals surface area contributed by atoms with Crippen LogP contribution in [0.3, 0.4) is 0 Å². The Hall–Kier alpha value is -1.04. The Morgan fingerprint density at radius 1 is 1.35 bits per heavy atom. The molecule has 0 radical (unpaired) electrons. The van der Waals surface area contributed by atoms with E-state index in [0.717, 1.165) is 21.5 Å². The van der Waals surface area contributed by atoms with Crippen molar-refractivity contribution >= 4 is 27.3 Å². The first-order valence-corrected chi connectivity index (χ1v) is 8.02. The molecule has 0 fully saturated rings. The van der Waals surface area contributed by atoms with Crippen LogP contribution in [0, 0.1) is 0 Å². The zero-order valence-corrected chi connectivity index (χ0v) is 14.2. The molecule has 0 saturated carbocycles. The minimum Gasteiger partial charge on any atom is -0.497 e. The highest BCUT2D eigenvalue weighted by atomic mass is 79.9. The largest absolute Gasteiger partial charge is 0.497 e. The predicted molar refractivity (Wildman–Crippen MR) is 86.8 cm³/mol. The van der Waals surface area contributed by atoms with Gasteiger partial charge in [-0.25, -0.2) is 0 Å². The first kappa shape index (κ1) is 15.4. The molecule has 20 heavy (non-hydrogen) atoms. The third-order valence-corrected chi connectivity index (χ3v) is 4.78. The van der Waals surface area contributed by atoms with Gasteiger partial charge in [0, 0.05) is 32.4 Å². The van der Waals surface area contributed by atoms with E-state index in [2.05, 4.69) is 39.6 Å². The molecule has 1 heterocycles. The summed E-state index contributed by atoms with van der Waals surface area (Å²) in [6.45, 7) is 2.67. The lowest BCUT2D eigenvalue weighted by molar-refractivity contribution is 0.301. The van der Waals surface area contributed by atoms with E-state index in [1.54, 1.807) is 18.4 Å². The summed E-state index contributed by atoms with van der Waals surface area (Å²) in [5.74, 6) is 1.66. The van der Waals surface area contributed by atoms with Crippen LogP contribution in [-0.4, -0.2) is 14.2 Å². The zero-order chi connectivity index (χ0) is 14.5. The molecule has 5 heteroatoms. The van der Waals surface area contributed by atoms with Gasteiger partial charge in [-0.2, -0.15) is 0 Å². The summed E-state index contributed by atoms with van der Waals surface area (Å²) >= 11 is 5.13. The lowest BCUT2D eigenvalue weighted by Gasteiger charge is -2.17. The third-order valence-electron chi connectivity index (χ3n) is 3.11. The molecule has 3 nitrogen and oxygen atoms in total. The summed E-state index contributed by atoms with van der Waals surface area (Å²) in [5, 5.41) is 5.29. The van der Waals surface area contributed by atoms with Crippen LogP contribution in [-0.2, 0) is 6.61 Å². The molecule has 1 aromatic heterocycles. The molecular weight excluding hydrogens is 338 g/mol. The second kappa shape index (κ2) is 7.11. The normalized spacial score (nSPS) is 12.2. The fourth-order valence-electron chi connectivity index (χ4n) is 1.86. The average Bonchev–Trinajstić information content (AvgIpc) is 2.89. The van der Waals surface area contributed by atoms with Gasteiger partial charge in [0.05, 0.1) is 7.11 Å². The first-order valence-electron chi connectivity index (χ1n) is 6.35. The molecule has 2 aromatic rings. The summed E-state index contributed by atoms with van der Waals surface area (Å²) in [6, 6.07) is 8.24. The molecule has 1 unspecified atom stereocenters. The second-order valence-corrected chi connectivity index (χ2v) is 6.35. The van der Waals surface area contributed by atoms with Crippen LogP contribution >= 0.6 is 27.3 Å². The maximum Gasteiger partial charge on any atom is 0.128 e. The van der Waals surface area contributed by atoms with Gasteiger partial charge in [-0.3, -0.25) is 0 Å². The van der Waals surface area contributed by atoms with Crippen molar-refractivity contribution in [1.29, 1.82) is 0 Å². The number of hydrogen-bond acceptors (Lipinski definition) is 4. The number of nitrogens with one attached hydrogen (secondary N) is 1. The summed E-state index contributed by atoms with van der Waals surface area (Å²) in [7, 11) is 3.60. The molecule has 0 bridgehead atoms. The number of hydrogen-bond donors (Lipinski definition) is 1. The summed E-state index contributed by atoms with van der Waals surface area (Å²) in [4.78, 5) is 1.18. The van der Waals surface area contributed by atoms with Gasteiger partial charge >= 0.3 is 0 Å². The Kier molecular flexibility index (Phi) is 5.46. The summed E-state index contributed by atoms with van der Waals surface area (Å²) in [5.41, 5.74) is 1.13. The van der Waals surface area contributed by atoms with E-state index in [-0.39, 0.29) is 6.04 Å². The predicted octanol–water partition coefficient (Wildman–Crippen LogP) is 4.38. The molecule has 2 rings (SSSR count). The molecule has 0 saturated heterocycles. The lowest BCUT2D eigenvalue weighted by atomic mass is 10.1. The van der Waals surface area contributed by atoms with E-state index in [4.69, 9.17) is 9.47 Å². The fourth-order valence-corrected chi connectivity index (χ4v) is 3.22. The Morgan fingerprint density at radius 3 is 2.75 bits per heavy atom. The fraction of sp³-hybridized carbons (Fsp3) is 0.333. The summed E-state index contributed by atoms with van der Waals surface area (Å²) < 4.78 is 12.3. The number of thiophene rings is 1. The minimum atomic E-state index is 0.228. The summed E-state index contributed by atoms with van der Waals surface area (Å²) in [6.07, 6.45) is 0. The number of ether oxygens (including phenoxy) is 2. The van der Waals surface area contributed by atoms with Crippen LogP contribution in [0.5, 0.6) is 11.5 Å². The monoisotopic (exact) mass is 355 g/mol. The van der Waals surface area contributed by atoms with E-state index in [0.29, 0.717) is 6.61 Å². The SMILES string of the molecule is CNC(C)c1ccc(OC)cc1OCc1cc(Br)cs1. The van der Waals surface area contributed by atoms with Gasteiger partial charge in [-0.05, 0) is 42.0 Å². The van der Waals surface area contributed by atoms with Crippen molar-refractivity contribution in [3.05, 3.63) is 44.6 Å². The van der Waals surface area contributed by atoms with Crippen LogP contribution in [0.25, 0.3) is 0 Å². The number of methoxy groups -OCH3 is 1. The van der Waals surface area contributed by atoms with E-state index < -0.39 is 0 Å². The van der Waals surface area contributed by atoms with Crippen LogP contribution in [0.2, 0.25) is 0 Å². The van der Waals surface area contributed by atoms with Gasteiger partial charge in [0.2, 0.25) is 0 Å². The Balaban J connectivity index is 2.18. The van der Waals surface area contributed by atoms with Gasteiger partial charge in [0.1, 0.15) is 18.1 Å². The topological polar surface area (TPSA) is 30.5 Å². The molecule has 1 N–H and O–H groups in total. The zero-order valence-electron chi connectivity index (χ0n) is 11.8. The van der Waals surface area contributed by atoms with Crippen molar-refractivity contribution in [1.82, 2.24) is 5.32 Å². The van der Waals surface area contributed by atoms with Crippen molar-refractivity contribution in [2.24, 2.45) is 0 Å². The maximum atomic E-state index is 5.97. The van der Waals surface area contributed by atoms with Crippen molar-refractivity contribution in [2.75, 3.05) is 14.2 Å². The highest BCUT2D eigenvalue weighted by Crippen LogP contribution is 2.31. The molecule has 0 aliphatic carbocycles. The van der Waals surface area contributed by atoms with Gasteiger partial charge in [0.15, 0.2) is 0 Å². The molecule has 1 atom stereocenters. The molecule has 0 aliphatic heterocycles. The van der Waals surface area contributed by atoms with Gasteiger partial charge in [-0.1, -0.05) is 6.07 Å². The lowest BCUT2D eigenvalue weighted by Crippen LogP contribution is -2.13. The van der Waals surface area contributed by atoms with E-state index in [9.17, 15) is 0 Å². The Morgan fingerprint density at radius 2 is 2.15 bits per heavy atom. The van der Waals surface area contributed by atoms with Gasteiger partial charge in [0.25, 0.3) is 0 Å². The van der Waals surface area contributed by atoms with Crippen LogP contribution in [0.1, 0.15) is 23.4 Å². The van der Waals surface area contributed by atoms with Crippen LogP contribution in [0.4, 0.5) is 0 Å². The molecular formula is C15H18BrNO2S. The Bertz CT molecular complexity index is 571. The highest BCUT2D eigenvalue weighted by molar-refractivity contribution is 9.10. The molecule has 0 spiro atoms. The molecule has 0 aliphatic rings. The van der Waals surface area contributed by atoms with Gasteiger partial charge < -0.3 is 14.8 Å². The smallest absolute Gasteiger partial charge is 0.128 e. The maximum absolute atomic E-state index is 5.97. The molecule has 1 aromatic carbocycles. The van der Waals surface area contributed by atoms with Crippen molar-refractivity contribution in [3.8, 4) is 11.5 Å². The first-order chi connectivity index (χ1) is 9.63. The average molecular weight is 356 g/mol. The van der Waals surface area contributed by atoms with Gasteiger partial charge in [-0.15, -0.1) is 11.3 Å². The standard InChI is InChI=1S/C15H18BrNO2S/c1-10(17-2)14-5-4-12(18-3)7-15(14)19-8-13-6-11(16)9-20-13/h4-7,9-10,17H,8H2,1-3H3. The number of rotatable bonds is 6. The van der Waals surface area contributed by atoms with Crippen molar-refractivity contribution in [3.63, 3.8) is 0 Å². The minimum absolute atomic E-state index is 0.228. The van der Waals surface area contributed by atoms with E-state index in [1.165, 1.54) is 4.88 Å². The number of halogens is 1. The quantitative estimate of drug-likeness (QED) is 0.833. The van der Waals surface area contributed by atoms with Crippen molar-refractivity contribution in [2.45, 2.75) is 19.6 Å². The number of benzene rings is 1. The van der Waals surface area contributed by atoms with Crippen LogP contribution in [0.15, 0.2) is 34.1 Å². The Labute approximate surface area is 132 Å². The third kappa shape index (κ3) is 3.75. The van der Waals surface area contributed by atoms with Crippen molar-refractivity contribution < 1.29 is 9.47 Å². The molecule has 0 amide bonds.